The molecule has 1 rings (SSSR count). The number of nitrogens with one attached hydrogen (secondary N) is 1. The number of terminal acetylenes is 1. The van der Waals surface area contributed by atoms with Crippen molar-refractivity contribution >= 4 is 23.2 Å². The zero-order valence-electron chi connectivity index (χ0n) is 10.7. The quantitative estimate of drug-likeness (QED) is 0.806. The van der Waals surface area contributed by atoms with Gasteiger partial charge in [0, 0.05) is 18.6 Å². The molecule has 0 aliphatic carbocycles. The lowest BCUT2D eigenvalue weighted by molar-refractivity contribution is -0.117. The van der Waals surface area contributed by atoms with E-state index in [0.29, 0.717) is 22.2 Å². The highest BCUT2D eigenvalue weighted by molar-refractivity contribution is 6.32. The number of rotatable bonds is 5. The van der Waals surface area contributed by atoms with Crippen LogP contribution in [0.15, 0.2) is 12.1 Å². The van der Waals surface area contributed by atoms with Gasteiger partial charge >= 0.3 is 0 Å². The largest absolute Gasteiger partial charge is 0.495 e. The van der Waals surface area contributed by atoms with Gasteiger partial charge in [-0.15, -0.1) is 12.3 Å². The first kappa shape index (κ1) is 15.2. The number of amides is 1. The van der Waals surface area contributed by atoms with E-state index in [-0.39, 0.29) is 6.42 Å². The molecular weight excluding hydrogens is 268 g/mol. The van der Waals surface area contributed by atoms with Crippen LogP contribution in [0.4, 0.5) is 5.69 Å². The second-order valence-electron chi connectivity index (χ2n) is 3.69. The second kappa shape index (κ2) is 6.88. The molecule has 1 unspecified atom stereocenters. The van der Waals surface area contributed by atoms with Crippen molar-refractivity contribution in [3.8, 4) is 23.8 Å². The summed E-state index contributed by atoms with van der Waals surface area (Å²) in [6, 6.07) is 2.32. The third-order valence-electron chi connectivity index (χ3n) is 2.41. The molecule has 0 bridgehead atoms. The molecule has 1 amide bonds. The number of nitrogens with two attached hydrogens (primary N) is 1. The van der Waals surface area contributed by atoms with Gasteiger partial charge in [-0.3, -0.25) is 4.79 Å². The predicted octanol–water partition coefficient (Wildman–Crippen LogP) is 1.65. The zero-order valence-corrected chi connectivity index (χ0v) is 11.5. The van der Waals surface area contributed by atoms with Gasteiger partial charge in [0.15, 0.2) is 0 Å². The third kappa shape index (κ3) is 3.78. The van der Waals surface area contributed by atoms with Crippen LogP contribution in [0.3, 0.4) is 0 Å². The Morgan fingerprint density at radius 3 is 2.63 bits per heavy atom. The topological polar surface area (TPSA) is 73.6 Å². The highest BCUT2D eigenvalue weighted by Gasteiger charge is 2.16. The monoisotopic (exact) mass is 282 g/mol. The van der Waals surface area contributed by atoms with E-state index in [1.54, 1.807) is 12.1 Å². The van der Waals surface area contributed by atoms with Crippen molar-refractivity contribution < 1.29 is 14.3 Å². The lowest BCUT2D eigenvalue weighted by Crippen LogP contribution is -2.35. The molecule has 3 N–H and O–H groups in total. The van der Waals surface area contributed by atoms with E-state index < -0.39 is 11.9 Å². The fourth-order valence-electron chi connectivity index (χ4n) is 1.40. The summed E-state index contributed by atoms with van der Waals surface area (Å²) in [7, 11) is 2.94. The van der Waals surface area contributed by atoms with Crippen molar-refractivity contribution in [3.05, 3.63) is 17.2 Å². The minimum atomic E-state index is -0.781. The standard InChI is InChI=1S/C13H15ClN2O3/c1-4-5-9(15)13(17)16-10-7-11(18-2)8(14)6-12(10)19-3/h1,6-7,9H,5,15H2,2-3H3,(H,16,17). The number of halogens is 1. The van der Waals surface area contributed by atoms with Crippen molar-refractivity contribution in [1.82, 2.24) is 0 Å². The van der Waals surface area contributed by atoms with Crippen LogP contribution >= 0.6 is 11.6 Å². The number of hydrogen-bond donors (Lipinski definition) is 2. The van der Waals surface area contributed by atoms with E-state index in [4.69, 9.17) is 33.2 Å². The van der Waals surface area contributed by atoms with Crippen molar-refractivity contribution in [3.63, 3.8) is 0 Å². The molecule has 0 saturated carbocycles. The normalized spacial score (nSPS) is 11.3. The minimum Gasteiger partial charge on any atom is -0.495 e. The Labute approximate surface area is 117 Å². The molecule has 0 saturated heterocycles. The molecule has 102 valence electrons. The smallest absolute Gasteiger partial charge is 0.242 e. The van der Waals surface area contributed by atoms with Gasteiger partial charge in [-0.25, -0.2) is 0 Å². The summed E-state index contributed by atoms with van der Waals surface area (Å²) in [5, 5.41) is 3.00. The van der Waals surface area contributed by atoms with Gasteiger partial charge < -0.3 is 20.5 Å². The number of carbonyl (C=O) groups excluding carboxylic acids is 1. The van der Waals surface area contributed by atoms with E-state index in [1.165, 1.54) is 14.2 Å². The lowest BCUT2D eigenvalue weighted by Gasteiger charge is -2.14. The molecule has 19 heavy (non-hydrogen) atoms. The van der Waals surface area contributed by atoms with Gasteiger partial charge in [0.25, 0.3) is 0 Å². The van der Waals surface area contributed by atoms with E-state index in [0.717, 1.165) is 0 Å². The molecular formula is C13H15ClN2O3. The molecule has 0 aliphatic heterocycles. The van der Waals surface area contributed by atoms with E-state index in [9.17, 15) is 4.79 Å². The maximum Gasteiger partial charge on any atom is 0.242 e. The molecule has 1 atom stereocenters. The highest BCUT2D eigenvalue weighted by Crippen LogP contribution is 2.35. The van der Waals surface area contributed by atoms with E-state index in [2.05, 4.69) is 11.2 Å². The van der Waals surface area contributed by atoms with Gasteiger partial charge in [-0.05, 0) is 0 Å². The average molecular weight is 283 g/mol. The molecule has 0 heterocycles. The summed E-state index contributed by atoms with van der Waals surface area (Å²) in [6.07, 6.45) is 5.26. The molecule has 1 aromatic carbocycles. The summed E-state index contributed by atoms with van der Waals surface area (Å²) >= 11 is 5.96. The number of carbonyl (C=O) groups is 1. The van der Waals surface area contributed by atoms with Crippen LogP contribution in [0.25, 0.3) is 0 Å². The van der Waals surface area contributed by atoms with Crippen molar-refractivity contribution in [2.24, 2.45) is 5.73 Å². The number of anilines is 1. The minimum absolute atomic E-state index is 0.152. The van der Waals surface area contributed by atoms with Gasteiger partial charge in [-0.1, -0.05) is 11.6 Å². The Morgan fingerprint density at radius 2 is 2.11 bits per heavy atom. The van der Waals surface area contributed by atoms with Crippen molar-refractivity contribution in [2.45, 2.75) is 12.5 Å². The highest BCUT2D eigenvalue weighted by atomic mass is 35.5. The number of hydrogen-bond acceptors (Lipinski definition) is 4. The zero-order chi connectivity index (χ0) is 14.4. The third-order valence-corrected chi connectivity index (χ3v) is 2.70. The first-order valence-corrected chi connectivity index (χ1v) is 5.82. The van der Waals surface area contributed by atoms with Crippen LogP contribution in [-0.4, -0.2) is 26.2 Å². The van der Waals surface area contributed by atoms with Crippen molar-refractivity contribution in [1.29, 1.82) is 0 Å². The molecule has 0 fully saturated rings. The maximum atomic E-state index is 11.8. The first-order valence-electron chi connectivity index (χ1n) is 5.45. The molecule has 6 heteroatoms. The Balaban J connectivity index is 3.00. The number of benzene rings is 1. The lowest BCUT2D eigenvalue weighted by atomic mass is 10.2. The Kier molecular flexibility index (Phi) is 5.49. The van der Waals surface area contributed by atoms with E-state index in [1.807, 2.05) is 0 Å². The van der Waals surface area contributed by atoms with Gasteiger partial charge in [-0.2, -0.15) is 0 Å². The molecule has 0 radical (unpaired) electrons. The van der Waals surface area contributed by atoms with Crippen LogP contribution < -0.4 is 20.5 Å². The van der Waals surface area contributed by atoms with Crippen molar-refractivity contribution in [2.75, 3.05) is 19.5 Å². The fraction of sp³-hybridized carbons (Fsp3) is 0.308. The maximum absolute atomic E-state index is 11.8. The molecule has 0 spiro atoms. The SMILES string of the molecule is C#CCC(N)C(=O)Nc1cc(OC)c(Cl)cc1OC. The van der Waals surface area contributed by atoms with Gasteiger partial charge in [0.1, 0.15) is 11.5 Å². The Morgan fingerprint density at radius 1 is 1.47 bits per heavy atom. The first-order chi connectivity index (χ1) is 9.03. The predicted molar refractivity (Wildman–Crippen MR) is 74.6 cm³/mol. The summed E-state index contributed by atoms with van der Waals surface area (Å²) in [4.78, 5) is 11.8. The summed E-state index contributed by atoms with van der Waals surface area (Å²) in [5.74, 6) is 2.76. The molecule has 5 nitrogen and oxygen atoms in total. The molecule has 0 aromatic heterocycles. The van der Waals surface area contributed by atoms with Crippen LogP contribution in [0.2, 0.25) is 5.02 Å². The fourth-order valence-corrected chi connectivity index (χ4v) is 1.63. The average Bonchev–Trinajstić information content (AvgIpc) is 2.40. The van der Waals surface area contributed by atoms with Crippen LogP contribution in [0.1, 0.15) is 6.42 Å². The van der Waals surface area contributed by atoms with Crippen LogP contribution in [0.5, 0.6) is 11.5 Å². The number of ether oxygens (including phenoxy) is 2. The number of methoxy groups -OCH3 is 2. The Bertz CT molecular complexity index is 511. The van der Waals surface area contributed by atoms with Gasteiger partial charge in [0.05, 0.1) is 31.0 Å². The summed E-state index contributed by atoms with van der Waals surface area (Å²) < 4.78 is 10.2. The second-order valence-corrected chi connectivity index (χ2v) is 4.10. The van der Waals surface area contributed by atoms with Crippen LogP contribution in [0, 0.1) is 12.3 Å². The summed E-state index contributed by atoms with van der Waals surface area (Å²) in [5.41, 5.74) is 6.03. The van der Waals surface area contributed by atoms with Gasteiger partial charge in [0.2, 0.25) is 5.91 Å². The summed E-state index contributed by atoms with van der Waals surface area (Å²) in [6.45, 7) is 0. The van der Waals surface area contributed by atoms with Crippen LogP contribution in [-0.2, 0) is 4.79 Å². The Hall–Kier alpha value is -1.90. The molecule has 0 aliphatic rings. The van der Waals surface area contributed by atoms with E-state index >= 15 is 0 Å². The molecule has 1 aromatic rings.